The Morgan fingerprint density at radius 2 is 1.92 bits per heavy atom. The van der Waals surface area contributed by atoms with Gasteiger partial charge >= 0.3 is 0 Å². The van der Waals surface area contributed by atoms with Crippen molar-refractivity contribution in [3.05, 3.63) is 65.9 Å². The fourth-order valence-corrected chi connectivity index (χ4v) is 3.00. The number of aromatic nitrogens is 3. The van der Waals surface area contributed by atoms with Crippen molar-refractivity contribution in [3.63, 3.8) is 0 Å². The lowest BCUT2D eigenvalue weighted by Gasteiger charge is -2.21. The highest BCUT2D eigenvalue weighted by Crippen LogP contribution is 2.29. The van der Waals surface area contributed by atoms with Gasteiger partial charge in [-0.3, -0.25) is 4.98 Å². The average molecular weight is 349 g/mol. The maximum absolute atomic E-state index is 10.3. The molecular weight excluding hydrogens is 322 g/mol. The number of hydrogen-bond donors (Lipinski definition) is 2. The number of pyridine rings is 1. The van der Waals surface area contributed by atoms with Gasteiger partial charge in [-0.25, -0.2) is 4.98 Å². The van der Waals surface area contributed by atoms with Crippen LogP contribution in [0, 0.1) is 5.41 Å². The molecular formula is C22H27N3O. The third kappa shape index (κ3) is 4.51. The van der Waals surface area contributed by atoms with Gasteiger partial charge in [0.1, 0.15) is 11.6 Å². The molecule has 0 amide bonds. The van der Waals surface area contributed by atoms with Crippen LogP contribution in [-0.4, -0.2) is 20.1 Å². The maximum Gasteiger partial charge on any atom is 0.125 e. The van der Waals surface area contributed by atoms with E-state index < -0.39 is 0 Å². The molecule has 0 spiro atoms. The van der Waals surface area contributed by atoms with E-state index in [9.17, 15) is 5.11 Å². The van der Waals surface area contributed by atoms with Gasteiger partial charge in [-0.2, -0.15) is 0 Å². The standard InChI is InChI=1S/C22H27N3O/c1-4-22(2,3)14-17-15-24-21(25-17)11-9-16-8-10-18(20(26)13-16)19-7-5-6-12-23-19/h5-8,10,12-13,15,26H,4,9,11,14H2,1-3H3,(H,24,25). The van der Waals surface area contributed by atoms with E-state index in [0.717, 1.165) is 48.3 Å². The molecule has 0 unspecified atom stereocenters. The van der Waals surface area contributed by atoms with Crippen LogP contribution in [0.5, 0.6) is 5.75 Å². The minimum atomic E-state index is 0.269. The smallest absolute Gasteiger partial charge is 0.125 e. The van der Waals surface area contributed by atoms with Crippen LogP contribution in [0.25, 0.3) is 11.3 Å². The Bertz CT molecular complexity index is 853. The summed E-state index contributed by atoms with van der Waals surface area (Å²) in [6.45, 7) is 6.78. The van der Waals surface area contributed by atoms with Crippen molar-refractivity contribution >= 4 is 0 Å². The number of phenols is 1. The Kier molecular flexibility index (Phi) is 5.40. The Morgan fingerprint density at radius 3 is 2.62 bits per heavy atom. The molecule has 0 atom stereocenters. The van der Waals surface area contributed by atoms with Crippen LogP contribution in [0.4, 0.5) is 0 Å². The van der Waals surface area contributed by atoms with Crippen molar-refractivity contribution in [1.82, 2.24) is 15.0 Å². The Morgan fingerprint density at radius 1 is 1.08 bits per heavy atom. The summed E-state index contributed by atoms with van der Waals surface area (Å²) in [7, 11) is 0. The number of nitrogens with zero attached hydrogens (tertiary/aromatic N) is 2. The van der Waals surface area contributed by atoms with Gasteiger partial charge in [-0.05, 0) is 48.1 Å². The molecule has 3 rings (SSSR count). The monoisotopic (exact) mass is 349 g/mol. The first-order valence-electron chi connectivity index (χ1n) is 9.23. The number of H-pyrrole nitrogens is 1. The molecule has 0 aliphatic heterocycles. The summed E-state index contributed by atoms with van der Waals surface area (Å²) < 4.78 is 0. The van der Waals surface area contributed by atoms with Crippen LogP contribution in [0.15, 0.2) is 48.8 Å². The number of aromatic hydroxyl groups is 1. The number of hydrogen-bond acceptors (Lipinski definition) is 3. The molecule has 3 aromatic rings. The van der Waals surface area contributed by atoms with Crippen molar-refractivity contribution < 1.29 is 5.11 Å². The lowest BCUT2D eigenvalue weighted by atomic mass is 9.85. The summed E-state index contributed by atoms with van der Waals surface area (Å²) in [5.41, 5.74) is 4.12. The number of benzene rings is 1. The van der Waals surface area contributed by atoms with Gasteiger partial charge in [0.25, 0.3) is 0 Å². The number of rotatable bonds is 7. The van der Waals surface area contributed by atoms with E-state index in [1.54, 1.807) is 6.20 Å². The molecule has 4 nitrogen and oxygen atoms in total. The minimum Gasteiger partial charge on any atom is -0.507 e. The molecule has 2 aromatic heterocycles. The van der Waals surface area contributed by atoms with Crippen LogP contribution < -0.4 is 0 Å². The van der Waals surface area contributed by atoms with Crippen LogP contribution in [0.1, 0.15) is 44.3 Å². The Hall–Kier alpha value is -2.62. The quantitative estimate of drug-likeness (QED) is 0.635. The van der Waals surface area contributed by atoms with Crippen molar-refractivity contribution in [2.45, 2.75) is 46.5 Å². The summed E-state index contributed by atoms with van der Waals surface area (Å²) in [5.74, 6) is 1.27. The maximum atomic E-state index is 10.3. The second-order valence-electron chi connectivity index (χ2n) is 7.62. The van der Waals surface area contributed by atoms with E-state index >= 15 is 0 Å². The molecule has 0 aliphatic rings. The summed E-state index contributed by atoms with van der Waals surface area (Å²) in [6.07, 6.45) is 7.50. The molecule has 2 heterocycles. The van der Waals surface area contributed by atoms with Crippen molar-refractivity contribution in [1.29, 1.82) is 0 Å². The van der Waals surface area contributed by atoms with E-state index in [0.29, 0.717) is 0 Å². The van der Waals surface area contributed by atoms with Crippen LogP contribution in [0.3, 0.4) is 0 Å². The van der Waals surface area contributed by atoms with Crippen LogP contribution in [0.2, 0.25) is 0 Å². The van der Waals surface area contributed by atoms with E-state index in [1.165, 1.54) is 5.69 Å². The largest absolute Gasteiger partial charge is 0.507 e. The average Bonchev–Trinajstić information content (AvgIpc) is 3.07. The Balaban J connectivity index is 1.64. The predicted octanol–water partition coefficient (Wildman–Crippen LogP) is 4.94. The lowest BCUT2D eigenvalue weighted by Crippen LogP contribution is -2.13. The van der Waals surface area contributed by atoms with Crippen LogP contribution in [-0.2, 0) is 19.3 Å². The second-order valence-corrected chi connectivity index (χ2v) is 7.62. The number of aromatic amines is 1. The molecule has 0 saturated heterocycles. The molecule has 4 heteroatoms. The van der Waals surface area contributed by atoms with Gasteiger partial charge in [0.2, 0.25) is 0 Å². The van der Waals surface area contributed by atoms with E-state index in [-0.39, 0.29) is 11.2 Å². The van der Waals surface area contributed by atoms with Gasteiger partial charge in [0.05, 0.1) is 5.69 Å². The normalized spacial score (nSPS) is 11.7. The molecule has 136 valence electrons. The lowest BCUT2D eigenvalue weighted by molar-refractivity contribution is 0.346. The zero-order valence-electron chi connectivity index (χ0n) is 15.8. The number of phenolic OH excluding ortho intramolecular Hbond substituents is 1. The highest BCUT2D eigenvalue weighted by atomic mass is 16.3. The fraction of sp³-hybridized carbons (Fsp3) is 0.364. The molecule has 0 radical (unpaired) electrons. The first kappa shape index (κ1) is 18.2. The molecule has 0 aliphatic carbocycles. The zero-order valence-corrected chi connectivity index (χ0v) is 15.8. The van der Waals surface area contributed by atoms with Gasteiger partial charge in [0, 0.05) is 30.1 Å². The van der Waals surface area contributed by atoms with Crippen molar-refractivity contribution in [2.75, 3.05) is 0 Å². The van der Waals surface area contributed by atoms with Gasteiger partial charge in [0.15, 0.2) is 0 Å². The molecule has 0 bridgehead atoms. The molecule has 0 fully saturated rings. The highest BCUT2D eigenvalue weighted by molar-refractivity contribution is 5.67. The summed E-state index contributed by atoms with van der Waals surface area (Å²) >= 11 is 0. The predicted molar refractivity (Wildman–Crippen MR) is 105 cm³/mol. The fourth-order valence-electron chi connectivity index (χ4n) is 3.00. The topological polar surface area (TPSA) is 61.8 Å². The van der Waals surface area contributed by atoms with E-state index in [2.05, 4.69) is 35.7 Å². The van der Waals surface area contributed by atoms with Crippen molar-refractivity contribution in [3.8, 4) is 17.0 Å². The number of aryl methyl sites for hydroxylation is 2. The SMILES string of the molecule is CCC(C)(C)Cc1cnc(CCc2ccc(-c3ccccn3)c(O)c2)[nH]1. The molecule has 0 saturated carbocycles. The van der Waals surface area contributed by atoms with Gasteiger partial charge in [-0.15, -0.1) is 0 Å². The summed E-state index contributed by atoms with van der Waals surface area (Å²) in [4.78, 5) is 12.2. The van der Waals surface area contributed by atoms with E-state index in [1.807, 2.05) is 42.6 Å². The minimum absolute atomic E-state index is 0.269. The van der Waals surface area contributed by atoms with E-state index in [4.69, 9.17) is 0 Å². The Labute approximate surface area is 155 Å². The molecule has 26 heavy (non-hydrogen) atoms. The summed E-state index contributed by atoms with van der Waals surface area (Å²) in [5, 5.41) is 10.3. The third-order valence-electron chi connectivity index (χ3n) is 4.96. The molecule has 2 N–H and O–H groups in total. The first-order chi connectivity index (χ1) is 12.5. The molecule has 1 aromatic carbocycles. The first-order valence-corrected chi connectivity index (χ1v) is 9.23. The third-order valence-corrected chi connectivity index (χ3v) is 4.96. The van der Waals surface area contributed by atoms with Crippen LogP contribution >= 0.6 is 0 Å². The van der Waals surface area contributed by atoms with Gasteiger partial charge < -0.3 is 10.1 Å². The number of nitrogens with one attached hydrogen (secondary N) is 1. The summed E-state index contributed by atoms with van der Waals surface area (Å²) in [6, 6.07) is 11.5. The number of imidazole rings is 1. The van der Waals surface area contributed by atoms with Crippen molar-refractivity contribution in [2.24, 2.45) is 5.41 Å². The highest BCUT2D eigenvalue weighted by Gasteiger charge is 2.17. The van der Waals surface area contributed by atoms with Gasteiger partial charge in [-0.1, -0.05) is 39.3 Å². The zero-order chi connectivity index (χ0) is 18.6. The second kappa shape index (κ2) is 7.73.